The van der Waals surface area contributed by atoms with Gasteiger partial charge in [0.2, 0.25) is 6.29 Å². The first-order valence-electron chi connectivity index (χ1n) is 16.5. The molecular formula is C36H38O18. The molecule has 54 heavy (non-hydrogen) atoms. The Labute approximate surface area is 305 Å². The quantitative estimate of drug-likeness (QED) is 0.0712. The largest absolute Gasteiger partial charge is 0.508 e. The molecule has 0 radical (unpaired) electrons. The number of fused-ring (bicyclic) bond motifs is 1. The summed E-state index contributed by atoms with van der Waals surface area (Å²) in [5, 5.41) is 114. The maximum absolute atomic E-state index is 12.9. The number of rotatable bonds is 10. The molecule has 0 spiro atoms. The highest BCUT2D eigenvalue weighted by Crippen LogP contribution is 2.45. The first-order valence-corrected chi connectivity index (χ1v) is 16.5. The van der Waals surface area contributed by atoms with Crippen molar-refractivity contribution < 1.29 is 89.4 Å². The van der Waals surface area contributed by atoms with Gasteiger partial charge < -0.3 is 84.6 Å². The molecule has 11 N–H and O–H groups in total. The van der Waals surface area contributed by atoms with Gasteiger partial charge in [-0.05, 0) is 42.0 Å². The summed E-state index contributed by atoms with van der Waals surface area (Å²) in [6.07, 6.45) is -15.5. The summed E-state index contributed by atoms with van der Waals surface area (Å²) in [5.74, 6) is -2.83. The lowest BCUT2D eigenvalue weighted by atomic mass is 9.97. The molecule has 0 saturated carbocycles. The molecule has 0 bridgehead atoms. The van der Waals surface area contributed by atoms with E-state index >= 15 is 0 Å². The second-order valence-corrected chi connectivity index (χ2v) is 12.6. The molecular weight excluding hydrogens is 720 g/mol. The smallest absolute Gasteiger partial charge is 0.331 e. The maximum atomic E-state index is 12.9. The van der Waals surface area contributed by atoms with E-state index in [1.165, 1.54) is 54.6 Å². The number of ether oxygens (including phenoxy) is 6. The van der Waals surface area contributed by atoms with E-state index in [2.05, 4.69) is 0 Å². The van der Waals surface area contributed by atoms with Gasteiger partial charge in [-0.15, -0.1) is 0 Å². The number of carbonyl (C=O) groups is 1. The van der Waals surface area contributed by atoms with Crippen molar-refractivity contribution in [1.29, 1.82) is 0 Å². The van der Waals surface area contributed by atoms with Gasteiger partial charge in [0, 0.05) is 23.8 Å². The highest BCUT2D eigenvalue weighted by Gasteiger charge is 2.53. The lowest BCUT2D eigenvalue weighted by molar-refractivity contribution is -0.364. The molecule has 0 amide bonds. The van der Waals surface area contributed by atoms with Crippen LogP contribution < -0.4 is 4.74 Å². The zero-order chi connectivity index (χ0) is 38.8. The van der Waals surface area contributed by atoms with Crippen LogP contribution in [0.2, 0.25) is 0 Å². The second-order valence-electron chi connectivity index (χ2n) is 12.6. The number of benzene rings is 3. The molecule has 11 unspecified atom stereocenters. The first-order chi connectivity index (χ1) is 25.8. The van der Waals surface area contributed by atoms with Gasteiger partial charge in [-0.1, -0.05) is 18.2 Å². The highest BCUT2D eigenvalue weighted by molar-refractivity contribution is 5.87. The van der Waals surface area contributed by atoms with E-state index in [0.29, 0.717) is 5.56 Å². The van der Waals surface area contributed by atoms with Gasteiger partial charge in [-0.2, -0.15) is 0 Å². The zero-order valence-corrected chi connectivity index (χ0v) is 28.0. The summed E-state index contributed by atoms with van der Waals surface area (Å²) in [6.45, 7) is -1.66. The lowest BCUT2D eigenvalue weighted by Gasteiger charge is -2.46. The number of esters is 1. The van der Waals surface area contributed by atoms with Gasteiger partial charge in [0.25, 0.3) is 0 Å². The zero-order valence-electron chi connectivity index (χ0n) is 28.0. The molecule has 3 aliphatic heterocycles. The minimum absolute atomic E-state index is 0.0399. The molecule has 6 rings (SSSR count). The Hall–Kier alpha value is -5.15. The van der Waals surface area contributed by atoms with Crippen LogP contribution in [0.1, 0.15) is 22.8 Å². The van der Waals surface area contributed by atoms with Gasteiger partial charge in [0.05, 0.1) is 18.8 Å². The molecule has 290 valence electrons. The molecule has 18 heteroatoms. The van der Waals surface area contributed by atoms with E-state index in [4.69, 9.17) is 28.4 Å². The Morgan fingerprint density at radius 1 is 0.704 bits per heavy atom. The van der Waals surface area contributed by atoms with E-state index < -0.39 is 104 Å². The average molecular weight is 759 g/mol. The van der Waals surface area contributed by atoms with Gasteiger partial charge in [-0.3, -0.25) is 0 Å². The van der Waals surface area contributed by atoms with Crippen LogP contribution in [0, 0.1) is 0 Å². The van der Waals surface area contributed by atoms with Gasteiger partial charge in [0.15, 0.2) is 36.1 Å². The van der Waals surface area contributed by atoms with Crippen LogP contribution in [-0.2, 0) is 28.5 Å². The van der Waals surface area contributed by atoms with Crippen LogP contribution in [0.25, 0.3) is 12.2 Å². The van der Waals surface area contributed by atoms with Crippen molar-refractivity contribution in [2.24, 2.45) is 0 Å². The fourth-order valence-corrected chi connectivity index (χ4v) is 6.08. The fourth-order valence-electron chi connectivity index (χ4n) is 6.08. The van der Waals surface area contributed by atoms with Crippen molar-refractivity contribution in [2.75, 3.05) is 13.2 Å². The van der Waals surface area contributed by atoms with Crippen LogP contribution >= 0.6 is 0 Å². The summed E-state index contributed by atoms with van der Waals surface area (Å²) >= 11 is 0. The fraction of sp³-hybridized carbons (Fsp3) is 0.361. The van der Waals surface area contributed by atoms with Crippen molar-refractivity contribution in [2.45, 2.75) is 67.5 Å². The third-order valence-corrected chi connectivity index (χ3v) is 8.95. The van der Waals surface area contributed by atoms with Crippen LogP contribution in [0.4, 0.5) is 0 Å². The molecule has 3 heterocycles. The summed E-state index contributed by atoms with van der Waals surface area (Å²) < 4.78 is 35.1. The number of aromatic hydroxyl groups is 5. The SMILES string of the molecule is O=C(C=Cc1ccc(O)c(O)c1)OC1C(OC2C(OC3=Cc4c(O)cc(O)cc4OC3c3ccc(O)cc3)OC(CO)C(O)C2O)OC(CO)C(O)C1O. The summed E-state index contributed by atoms with van der Waals surface area (Å²) in [4.78, 5) is 12.9. The average Bonchev–Trinajstić information content (AvgIpc) is 3.14. The number of phenols is 5. The van der Waals surface area contributed by atoms with Crippen molar-refractivity contribution in [1.82, 2.24) is 0 Å². The van der Waals surface area contributed by atoms with E-state index in [9.17, 15) is 61.0 Å². The van der Waals surface area contributed by atoms with Gasteiger partial charge in [-0.25, -0.2) is 4.79 Å². The molecule has 2 fully saturated rings. The van der Waals surface area contributed by atoms with Gasteiger partial charge in [0.1, 0.15) is 65.4 Å². The Kier molecular flexibility index (Phi) is 11.5. The second kappa shape index (κ2) is 16.1. The monoisotopic (exact) mass is 758 g/mol. The standard InChI is InChI=1S/C36H38O18/c37-13-25-29(46)31(48)34(35(51-25)50-24-12-19-21(42)10-18(40)11-23(19)49-32(24)16-3-5-17(39)6-4-16)54-36-33(30(47)28(45)26(14-38)52-36)53-27(44)8-2-15-1-7-20(41)22(43)9-15/h1-12,25-26,28-43,45-48H,13-14H2. The third-order valence-electron chi connectivity index (χ3n) is 8.95. The number of aliphatic hydroxyl groups excluding tert-OH is 6. The molecule has 0 aliphatic carbocycles. The van der Waals surface area contributed by atoms with E-state index in [1.807, 2.05) is 0 Å². The molecule has 3 aromatic rings. The molecule has 18 nitrogen and oxygen atoms in total. The minimum atomic E-state index is -1.95. The van der Waals surface area contributed by atoms with E-state index in [-0.39, 0.29) is 34.1 Å². The van der Waals surface area contributed by atoms with Crippen molar-refractivity contribution in [3.63, 3.8) is 0 Å². The van der Waals surface area contributed by atoms with Crippen LogP contribution in [0.3, 0.4) is 0 Å². The third kappa shape index (κ3) is 8.02. The molecule has 0 aromatic heterocycles. The number of hydrogen-bond acceptors (Lipinski definition) is 18. The topological polar surface area (TPSA) is 295 Å². The highest BCUT2D eigenvalue weighted by atomic mass is 16.8. The summed E-state index contributed by atoms with van der Waals surface area (Å²) in [7, 11) is 0. The predicted molar refractivity (Wildman–Crippen MR) is 179 cm³/mol. The van der Waals surface area contributed by atoms with Crippen LogP contribution in [0.5, 0.6) is 34.5 Å². The normalized spacial score (nSPS) is 30.9. The molecule has 2 saturated heterocycles. The number of aliphatic hydroxyl groups is 6. The van der Waals surface area contributed by atoms with Crippen LogP contribution in [-0.4, -0.2) is 137 Å². The Balaban J connectivity index is 1.32. The summed E-state index contributed by atoms with van der Waals surface area (Å²) in [5.41, 5.74) is 0.720. The number of hydrogen-bond donors (Lipinski definition) is 11. The van der Waals surface area contributed by atoms with Crippen LogP contribution in [0.15, 0.2) is 66.4 Å². The molecule has 11 atom stereocenters. The minimum Gasteiger partial charge on any atom is -0.508 e. The maximum Gasteiger partial charge on any atom is 0.331 e. The molecule has 3 aromatic carbocycles. The Morgan fingerprint density at radius 3 is 2.00 bits per heavy atom. The summed E-state index contributed by atoms with van der Waals surface area (Å²) in [6, 6.07) is 11.7. The van der Waals surface area contributed by atoms with Crippen molar-refractivity contribution in [3.05, 3.63) is 83.1 Å². The Bertz CT molecular complexity index is 1860. The first kappa shape index (κ1) is 38.6. The van der Waals surface area contributed by atoms with E-state index in [0.717, 1.165) is 18.2 Å². The number of carbonyl (C=O) groups excluding carboxylic acids is 1. The number of phenolic OH excluding ortho intramolecular Hbond substituents is 5. The van der Waals surface area contributed by atoms with Gasteiger partial charge >= 0.3 is 5.97 Å². The Morgan fingerprint density at radius 2 is 1.35 bits per heavy atom. The van der Waals surface area contributed by atoms with Crippen molar-refractivity contribution >= 4 is 18.1 Å². The van der Waals surface area contributed by atoms with Crippen molar-refractivity contribution in [3.8, 4) is 34.5 Å². The van der Waals surface area contributed by atoms with E-state index in [1.54, 1.807) is 0 Å². The molecule has 3 aliphatic rings. The predicted octanol–water partition coefficient (Wildman–Crippen LogP) is -0.406. The lowest BCUT2D eigenvalue weighted by Crippen LogP contribution is -2.65.